The van der Waals surface area contributed by atoms with E-state index < -0.39 is 0 Å². The fourth-order valence-corrected chi connectivity index (χ4v) is 4.35. The summed E-state index contributed by atoms with van der Waals surface area (Å²) in [5.41, 5.74) is 3.01. The summed E-state index contributed by atoms with van der Waals surface area (Å²) < 4.78 is 14.1. The zero-order valence-electron chi connectivity index (χ0n) is 21.9. The van der Waals surface area contributed by atoms with E-state index in [1.165, 1.54) is 10.7 Å². The lowest BCUT2D eigenvalue weighted by atomic mass is 10.1. The third-order valence-electron chi connectivity index (χ3n) is 6.45. The number of ketones is 1. The van der Waals surface area contributed by atoms with Crippen molar-refractivity contribution in [2.45, 2.75) is 19.4 Å². The zero-order chi connectivity index (χ0) is 27.0. The van der Waals surface area contributed by atoms with Crippen LogP contribution < -0.4 is 10.3 Å². The van der Waals surface area contributed by atoms with Gasteiger partial charge < -0.3 is 9.47 Å². The van der Waals surface area contributed by atoms with Crippen molar-refractivity contribution in [1.82, 2.24) is 34.4 Å². The molecule has 0 amide bonds. The molecule has 202 valence electrons. The molecule has 1 saturated heterocycles. The molecule has 0 N–H and O–H groups in total. The molecule has 1 aliphatic rings. The molecule has 0 spiro atoms. The van der Waals surface area contributed by atoms with Crippen LogP contribution in [0.25, 0.3) is 22.6 Å². The normalized spacial score (nSPS) is 13.9. The fourth-order valence-electron chi connectivity index (χ4n) is 4.35. The first kappa shape index (κ1) is 26.4. The van der Waals surface area contributed by atoms with Crippen molar-refractivity contribution in [2.75, 3.05) is 39.5 Å². The second-order valence-corrected chi connectivity index (χ2v) is 9.44. The van der Waals surface area contributed by atoms with Gasteiger partial charge >= 0.3 is 0 Å². The molecule has 4 heterocycles. The number of hydrogen-bond acceptors (Lipinski definition) is 9. The van der Waals surface area contributed by atoms with Crippen LogP contribution in [-0.4, -0.2) is 79.7 Å². The van der Waals surface area contributed by atoms with Crippen molar-refractivity contribution >= 4 is 5.78 Å². The molecule has 0 radical (unpaired) electrons. The minimum Gasteiger partial charge on any atom is -0.483 e. The predicted octanol–water partition coefficient (Wildman–Crippen LogP) is 2.21. The van der Waals surface area contributed by atoms with Crippen molar-refractivity contribution in [2.24, 2.45) is 7.05 Å². The monoisotopic (exact) mass is 529 g/mol. The Labute approximate surface area is 226 Å². The highest BCUT2D eigenvalue weighted by Gasteiger charge is 2.12. The molecule has 0 atom stereocenters. The first-order valence-electron chi connectivity index (χ1n) is 13.0. The molecule has 0 bridgehead atoms. The Morgan fingerprint density at radius 3 is 2.64 bits per heavy atom. The lowest BCUT2D eigenvalue weighted by Gasteiger charge is -2.26. The Kier molecular flexibility index (Phi) is 8.49. The zero-order valence-corrected chi connectivity index (χ0v) is 21.9. The third kappa shape index (κ3) is 7.21. The summed E-state index contributed by atoms with van der Waals surface area (Å²) in [6.45, 7) is 4.56. The van der Waals surface area contributed by atoms with Crippen LogP contribution in [0.15, 0.2) is 66.0 Å². The highest BCUT2D eigenvalue weighted by atomic mass is 16.5. The van der Waals surface area contributed by atoms with E-state index in [0.29, 0.717) is 30.2 Å². The van der Waals surface area contributed by atoms with Crippen LogP contribution >= 0.6 is 0 Å². The highest BCUT2D eigenvalue weighted by Crippen LogP contribution is 2.19. The molecule has 1 fully saturated rings. The van der Waals surface area contributed by atoms with E-state index in [1.54, 1.807) is 29.3 Å². The topological polar surface area (TPSA) is 117 Å². The second-order valence-electron chi connectivity index (χ2n) is 9.44. The molecule has 11 nitrogen and oxygen atoms in total. The summed E-state index contributed by atoms with van der Waals surface area (Å²) in [6, 6.07) is 10.9. The number of carbonyl (C=O) groups excluding carboxylic acids is 1. The van der Waals surface area contributed by atoms with Crippen LogP contribution in [0.4, 0.5) is 0 Å². The van der Waals surface area contributed by atoms with Gasteiger partial charge in [0.2, 0.25) is 0 Å². The molecule has 11 heteroatoms. The number of Topliss-reactive ketones (excluding diaryl/α,β-unsaturated/α-hetero) is 1. The van der Waals surface area contributed by atoms with Crippen LogP contribution in [0.5, 0.6) is 5.75 Å². The van der Waals surface area contributed by atoms with E-state index in [-0.39, 0.29) is 17.9 Å². The standard InChI is InChI=1S/C28H31N7O4/c1-33-19-23(15-31-33)26-7-8-27(37)35(32-26)18-21-4-2-5-22(14-21)28-29-16-25(17-30-28)39-20-24(36)6-3-9-34-10-12-38-13-11-34/h2,4-5,7-8,14-17,19H,3,6,9-13,18,20H2,1H3. The van der Waals surface area contributed by atoms with Gasteiger partial charge in [0, 0.05) is 49.9 Å². The molecule has 39 heavy (non-hydrogen) atoms. The van der Waals surface area contributed by atoms with Gasteiger partial charge in [-0.3, -0.25) is 19.2 Å². The molecular weight excluding hydrogens is 498 g/mol. The van der Waals surface area contributed by atoms with Crippen molar-refractivity contribution in [3.05, 3.63) is 77.1 Å². The molecule has 1 aromatic carbocycles. The Bertz CT molecular complexity index is 1460. The lowest BCUT2D eigenvalue weighted by molar-refractivity contribution is -0.121. The average Bonchev–Trinajstić information content (AvgIpc) is 3.40. The van der Waals surface area contributed by atoms with E-state index in [2.05, 4.69) is 25.1 Å². The summed E-state index contributed by atoms with van der Waals surface area (Å²) in [4.78, 5) is 35.8. The Morgan fingerprint density at radius 1 is 1.05 bits per heavy atom. The van der Waals surface area contributed by atoms with Gasteiger partial charge in [-0.05, 0) is 30.7 Å². The third-order valence-corrected chi connectivity index (χ3v) is 6.45. The number of aryl methyl sites for hydroxylation is 1. The lowest BCUT2D eigenvalue weighted by Crippen LogP contribution is -2.37. The van der Waals surface area contributed by atoms with Gasteiger partial charge in [-0.1, -0.05) is 18.2 Å². The number of benzene rings is 1. The summed E-state index contributed by atoms with van der Waals surface area (Å²) in [5, 5.41) is 8.68. The van der Waals surface area contributed by atoms with Crippen LogP contribution in [-0.2, 0) is 23.1 Å². The molecule has 4 aromatic rings. The van der Waals surface area contributed by atoms with Crippen molar-refractivity contribution in [3.63, 3.8) is 0 Å². The van der Waals surface area contributed by atoms with Crippen molar-refractivity contribution in [1.29, 1.82) is 0 Å². The first-order chi connectivity index (χ1) is 19.0. The van der Waals surface area contributed by atoms with E-state index in [4.69, 9.17) is 9.47 Å². The number of carbonyl (C=O) groups is 1. The van der Waals surface area contributed by atoms with Gasteiger partial charge in [0.15, 0.2) is 17.4 Å². The number of ether oxygens (including phenoxy) is 2. The number of aromatic nitrogens is 6. The van der Waals surface area contributed by atoms with Crippen LogP contribution in [0, 0.1) is 0 Å². The number of hydrogen-bond donors (Lipinski definition) is 0. The average molecular weight is 530 g/mol. The molecular formula is C28H31N7O4. The quantitative estimate of drug-likeness (QED) is 0.288. The Morgan fingerprint density at radius 2 is 1.87 bits per heavy atom. The Balaban J connectivity index is 1.16. The maximum absolute atomic E-state index is 12.5. The smallest absolute Gasteiger partial charge is 0.267 e. The fraction of sp³-hybridized carbons (Fsp3) is 0.357. The largest absolute Gasteiger partial charge is 0.483 e. The maximum Gasteiger partial charge on any atom is 0.267 e. The molecule has 5 rings (SSSR count). The van der Waals surface area contributed by atoms with Gasteiger partial charge in [0.1, 0.15) is 6.61 Å². The van der Waals surface area contributed by atoms with Crippen molar-refractivity contribution < 1.29 is 14.3 Å². The van der Waals surface area contributed by atoms with E-state index in [0.717, 1.165) is 56.0 Å². The minimum atomic E-state index is -0.193. The summed E-state index contributed by atoms with van der Waals surface area (Å²) in [7, 11) is 1.83. The van der Waals surface area contributed by atoms with Gasteiger partial charge in [0.25, 0.3) is 5.56 Å². The Hall–Kier alpha value is -4.22. The van der Waals surface area contributed by atoms with Gasteiger partial charge in [0.05, 0.1) is 44.0 Å². The summed E-state index contributed by atoms with van der Waals surface area (Å²) in [6.07, 6.45) is 7.99. The van der Waals surface area contributed by atoms with E-state index in [1.807, 2.05) is 37.5 Å². The van der Waals surface area contributed by atoms with Crippen LogP contribution in [0.2, 0.25) is 0 Å². The van der Waals surface area contributed by atoms with Crippen LogP contribution in [0.3, 0.4) is 0 Å². The van der Waals surface area contributed by atoms with E-state index in [9.17, 15) is 9.59 Å². The predicted molar refractivity (Wildman–Crippen MR) is 144 cm³/mol. The summed E-state index contributed by atoms with van der Waals surface area (Å²) >= 11 is 0. The molecule has 1 aliphatic heterocycles. The molecule has 3 aromatic heterocycles. The summed E-state index contributed by atoms with van der Waals surface area (Å²) in [5.74, 6) is 1.02. The molecule has 0 aliphatic carbocycles. The maximum atomic E-state index is 12.5. The first-order valence-corrected chi connectivity index (χ1v) is 13.0. The molecule has 0 saturated carbocycles. The number of morpholine rings is 1. The number of nitrogens with zero attached hydrogens (tertiary/aromatic N) is 7. The van der Waals surface area contributed by atoms with Crippen LogP contribution in [0.1, 0.15) is 18.4 Å². The molecule has 0 unspecified atom stereocenters. The van der Waals surface area contributed by atoms with Gasteiger partial charge in [-0.2, -0.15) is 10.2 Å². The van der Waals surface area contributed by atoms with Crippen molar-refractivity contribution in [3.8, 4) is 28.4 Å². The highest BCUT2D eigenvalue weighted by molar-refractivity contribution is 5.79. The number of rotatable bonds is 11. The van der Waals surface area contributed by atoms with Gasteiger partial charge in [-0.15, -0.1) is 0 Å². The SMILES string of the molecule is Cn1cc(-c2ccc(=O)n(Cc3cccc(-c4ncc(OCC(=O)CCCN5CCOCC5)cn4)c3)n2)cn1. The van der Waals surface area contributed by atoms with Gasteiger partial charge in [-0.25, -0.2) is 14.6 Å². The minimum absolute atomic E-state index is 0.00115. The van der Waals surface area contributed by atoms with E-state index >= 15 is 0 Å². The second kappa shape index (κ2) is 12.5.